The van der Waals surface area contributed by atoms with E-state index in [1.165, 1.54) is 0 Å². The van der Waals surface area contributed by atoms with Gasteiger partial charge in [0.05, 0.1) is 43.0 Å². The minimum atomic E-state index is -0.394. The third-order valence-corrected chi connectivity index (χ3v) is 4.62. The molecule has 0 atom stereocenters. The number of aromatic nitrogens is 6. The average molecular weight is 383 g/mol. The van der Waals surface area contributed by atoms with Crippen molar-refractivity contribution in [1.82, 2.24) is 34.7 Å². The van der Waals surface area contributed by atoms with Gasteiger partial charge in [-0.05, 0) is 26.0 Å². The Bertz CT molecular complexity index is 1010. The van der Waals surface area contributed by atoms with E-state index in [0.717, 1.165) is 0 Å². The maximum Gasteiger partial charge on any atom is 0.276 e. The summed E-state index contributed by atoms with van der Waals surface area (Å²) in [5.41, 5.74) is 1.82. The summed E-state index contributed by atoms with van der Waals surface area (Å²) >= 11 is 0. The number of pyridine rings is 1. The molecule has 3 aromatic rings. The van der Waals surface area contributed by atoms with Crippen LogP contribution in [-0.2, 0) is 11.8 Å². The van der Waals surface area contributed by atoms with Crippen molar-refractivity contribution >= 4 is 5.91 Å². The number of hydrogen-bond donors (Lipinski definition) is 0. The van der Waals surface area contributed by atoms with Gasteiger partial charge in [0.15, 0.2) is 5.69 Å². The zero-order valence-electron chi connectivity index (χ0n) is 16.2. The molecule has 1 amide bonds. The number of ether oxygens (including phenoxy) is 2. The molecule has 10 heteroatoms. The third-order valence-electron chi connectivity index (χ3n) is 4.62. The van der Waals surface area contributed by atoms with E-state index in [2.05, 4.69) is 20.4 Å². The van der Waals surface area contributed by atoms with Gasteiger partial charge in [0.2, 0.25) is 5.88 Å². The molecule has 1 aliphatic rings. The maximum absolute atomic E-state index is 13.1. The fraction of sp³-hybridized carbons (Fsp3) is 0.389. The van der Waals surface area contributed by atoms with Crippen molar-refractivity contribution in [2.24, 2.45) is 7.05 Å². The predicted molar refractivity (Wildman–Crippen MR) is 99.0 cm³/mol. The molecular formula is C18H21N7O3. The number of methoxy groups -OCH3 is 1. The molecule has 1 fully saturated rings. The van der Waals surface area contributed by atoms with Gasteiger partial charge < -0.3 is 14.4 Å². The molecule has 0 bridgehead atoms. The standard InChI is InChI=1S/C18H21N7O3/c1-18(2)10-28-11-24(18)17(26)13-7-15(14-9-23(3)22-20-14)25(21-13)12-5-6-16(27-4)19-8-12/h5-9H,10-11H2,1-4H3. The van der Waals surface area contributed by atoms with Gasteiger partial charge in [0.25, 0.3) is 5.91 Å². The Hall–Kier alpha value is -3.27. The largest absolute Gasteiger partial charge is 0.481 e. The van der Waals surface area contributed by atoms with Gasteiger partial charge in [-0.3, -0.25) is 9.48 Å². The fourth-order valence-corrected chi connectivity index (χ4v) is 3.06. The van der Waals surface area contributed by atoms with Crippen LogP contribution in [-0.4, -0.2) is 66.6 Å². The van der Waals surface area contributed by atoms with E-state index in [1.807, 2.05) is 19.9 Å². The van der Waals surface area contributed by atoms with Gasteiger partial charge >= 0.3 is 0 Å². The number of hydrogen-bond acceptors (Lipinski definition) is 7. The van der Waals surface area contributed by atoms with Crippen LogP contribution in [0, 0.1) is 0 Å². The van der Waals surface area contributed by atoms with Crippen LogP contribution in [0.15, 0.2) is 30.6 Å². The van der Waals surface area contributed by atoms with Crippen LogP contribution in [0.25, 0.3) is 17.1 Å². The van der Waals surface area contributed by atoms with Crippen LogP contribution in [0.2, 0.25) is 0 Å². The molecule has 3 aromatic heterocycles. The normalized spacial score (nSPS) is 15.8. The Morgan fingerprint density at radius 3 is 2.71 bits per heavy atom. The summed E-state index contributed by atoms with van der Waals surface area (Å²) in [6, 6.07) is 5.26. The summed E-state index contributed by atoms with van der Waals surface area (Å²) < 4.78 is 13.8. The zero-order chi connectivity index (χ0) is 19.9. The summed E-state index contributed by atoms with van der Waals surface area (Å²) in [6.45, 7) is 4.65. The van der Waals surface area contributed by atoms with Gasteiger partial charge in [-0.15, -0.1) is 5.10 Å². The molecule has 4 rings (SSSR count). The summed E-state index contributed by atoms with van der Waals surface area (Å²) in [4.78, 5) is 19.0. The summed E-state index contributed by atoms with van der Waals surface area (Å²) in [6.07, 6.45) is 3.39. The van der Waals surface area contributed by atoms with Crippen molar-refractivity contribution in [3.63, 3.8) is 0 Å². The van der Waals surface area contributed by atoms with Crippen molar-refractivity contribution in [1.29, 1.82) is 0 Å². The highest BCUT2D eigenvalue weighted by atomic mass is 16.5. The Kier molecular flexibility index (Phi) is 4.34. The Morgan fingerprint density at radius 2 is 2.14 bits per heavy atom. The lowest BCUT2D eigenvalue weighted by Gasteiger charge is -2.28. The second-order valence-electron chi connectivity index (χ2n) is 7.19. The Morgan fingerprint density at radius 1 is 1.32 bits per heavy atom. The highest BCUT2D eigenvalue weighted by Crippen LogP contribution is 2.27. The monoisotopic (exact) mass is 383 g/mol. The zero-order valence-corrected chi connectivity index (χ0v) is 16.2. The lowest BCUT2D eigenvalue weighted by molar-refractivity contribution is 0.0599. The minimum absolute atomic E-state index is 0.201. The fourth-order valence-electron chi connectivity index (χ4n) is 3.06. The van der Waals surface area contributed by atoms with E-state index in [0.29, 0.717) is 35.3 Å². The summed E-state index contributed by atoms with van der Waals surface area (Å²) in [5, 5.41) is 12.7. The first-order chi connectivity index (χ1) is 13.4. The minimum Gasteiger partial charge on any atom is -0.481 e. The Balaban J connectivity index is 1.79. The number of rotatable bonds is 4. The van der Waals surface area contributed by atoms with Gasteiger partial charge in [-0.2, -0.15) is 5.10 Å². The van der Waals surface area contributed by atoms with Crippen LogP contribution in [0.4, 0.5) is 0 Å². The van der Waals surface area contributed by atoms with Crippen molar-refractivity contribution < 1.29 is 14.3 Å². The van der Waals surface area contributed by atoms with Crippen molar-refractivity contribution in [2.45, 2.75) is 19.4 Å². The van der Waals surface area contributed by atoms with Gasteiger partial charge in [0, 0.05) is 13.1 Å². The molecule has 10 nitrogen and oxygen atoms in total. The topological polar surface area (TPSA) is 100 Å². The second kappa shape index (κ2) is 6.71. The first-order valence-corrected chi connectivity index (χ1v) is 8.76. The molecule has 28 heavy (non-hydrogen) atoms. The molecule has 0 aliphatic carbocycles. The quantitative estimate of drug-likeness (QED) is 0.669. The lowest BCUT2D eigenvalue weighted by atomic mass is 10.1. The number of nitrogens with zero attached hydrogens (tertiary/aromatic N) is 7. The lowest BCUT2D eigenvalue weighted by Crippen LogP contribution is -2.44. The van der Waals surface area contributed by atoms with E-state index in [4.69, 9.17) is 9.47 Å². The Labute approximate surface area is 161 Å². The van der Waals surface area contributed by atoms with Crippen molar-refractivity contribution in [3.05, 3.63) is 36.3 Å². The average Bonchev–Trinajstić information content (AvgIpc) is 3.39. The van der Waals surface area contributed by atoms with Crippen LogP contribution < -0.4 is 4.74 Å². The molecule has 1 aliphatic heterocycles. The molecule has 0 aromatic carbocycles. The van der Waals surface area contributed by atoms with E-state index >= 15 is 0 Å². The van der Waals surface area contributed by atoms with Crippen LogP contribution >= 0.6 is 0 Å². The van der Waals surface area contributed by atoms with E-state index in [9.17, 15) is 4.79 Å². The van der Waals surface area contributed by atoms with E-state index < -0.39 is 5.54 Å². The van der Waals surface area contributed by atoms with Gasteiger partial charge in [0.1, 0.15) is 12.4 Å². The van der Waals surface area contributed by atoms with Crippen LogP contribution in [0.5, 0.6) is 5.88 Å². The van der Waals surface area contributed by atoms with Crippen molar-refractivity contribution in [3.8, 4) is 23.0 Å². The van der Waals surface area contributed by atoms with Crippen LogP contribution in [0.3, 0.4) is 0 Å². The summed E-state index contributed by atoms with van der Waals surface area (Å²) in [7, 11) is 3.33. The molecule has 4 heterocycles. The van der Waals surface area contributed by atoms with Gasteiger partial charge in [-0.25, -0.2) is 9.67 Å². The van der Waals surface area contributed by atoms with Gasteiger partial charge in [-0.1, -0.05) is 5.21 Å². The molecule has 0 unspecified atom stereocenters. The highest BCUT2D eigenvalue weighted by molar-refractivity contribution is 5.94. The molecule has 146 valence electrons. The van der Waals surface area contributed by atoms with Crippen molar-refractivity contribution in [2.75, 3.05) is 20.4 Å². The molecule has 0 spiro atoms. The molecule has 0 saturated carbocycles. The maximum atomic E-state index is 13.1. The third kappa shape index (κ3) is 3.11. The SMILES string of the molecule is COc1ccc(-n2nc(C(=O)N3COCC3(C)C)cc2-c2cn(C)nn2)cn1. The number of aryl methyl sites for hydroxylation is 1. The molecule has 0 N–H and O–H groups in total. The first-order valence-electron chi connectivity index (χ1n) is 8.76. The highest BCUT2D eigenvalue weighted by Gasteiger charge is 2.38. The van der Waals surface area contributed by atoms with Crippen LogP contribution in [0.1, 0.15) is 24.3 Å². The molecular weight excluding hydrogens is 362 g/mol. The predicted octanol–water partition coefficient (Wildman–Crippen LogP) is 1.28. The smallest absolute Gasteiger partial charge is 0.276 e. The number of amides is 1. The summed E-state index contributed by atoms with van der Waals surface area (Å²) in [5.74, 6) is 0.289. The number of carbonyl (C=O) groups excluding carboxylic acids is 1. The van der Waals surface area contributed by atoms with E-state index in [-0.39, 0.29) is 12.6 Å². The van der Waals surface area contributed by atoms with E-state index in [1.54, 1.807) is 52.9 Å². The molecule has 0 radical (unpaired) electrons. The first kappa shape index (κ1) is 18.1. The molecule has 1 saturated heterocycles. The second-order valence-corrected chi connectivity index (χ2v) is 7.19. The number of carbonyl (C=O) groups is 1.